The number of hydrogen-bond acceptors (Lipinski definition) is 5. The summed E-state index contributed by atoms with van der Waals surface area (Å²) < 4.78 is 5.34. The van der Waals surface area contributed by atoms with Crippen molar-refractivity contribution >= 4 is 11.8 Å². The van der Waals surface area contributed by atoms with Crippen molar-refractivity contribution in [1.29, 1.82) is 0 Å². The van der Waals surface area contributed by atoms with Crippen LogP contribution in [0.15, 0.2) is 36.5 Å². The predicted octanol–water partition coefficient (Wildman–Crippen LogP) is 2.57. The molecule has 2 rings (SSSR count). The normalized spacial score (nSPS) is 10.1. The van der Waals surface area contributed by atoms with Crippen LogP contribution < -0.4 is 15.4 Å². The Labute approximate surface area is 119 Å². The highest BCUT2D eigenvalue weighted by Crippen LogP contribution is 2.17. The number of nitrogens with zero attached hydrogens (tertiary/aromatic N) is 2. The number of benzene rings is 1. The first-order valence-electron chi connectivity index (χ1n) is 6.76. The highest BCUT2D eigenvalue weighted by molar-refractivity contribution is 5.40. The van der Waals surface area contributed by atoms with Gasteiger partial charge < -0.3 is 15.4 Å². The Kier molecular flexibility index (Phi) is 5.17. The summed E-state index contributed by atoms with van der Waals surface area (Å²) in [6.45, 7) is 3.62. The van der Waals surface area contributed by atoms with Crippen LogP contribution in [-0.4, -0.2) is 30.2 Å². The van der Waals surface area contributed by atoms with Gasteiger partial charge in [0.25, 0.3) is 0 Å². The molecule has 1 aromatic heterocycles. The predicted molar refractivity (Wildman–Crippen MR) is 81.4 cm³/mol. The van der Waals surface area contributed by atoms with E-state index in [-0.39, 0.29) is 0 Å². The van der Waals surface area contributed by atoms with E-state index in [1.165, 1.54) is 5.56 Å². The standard InChI is InChI=1S/C15H20N4O/c1-3-16-15-18-11-9-14(19-15)17-10-8-12-6-4-5-7-13(12)20-2/h4-7,9,11H,3,8,10H2,1-2H3,(H2,16,17,18,19). The molecule has 0 saturated carbocycles. The lowest BCUT2D eigenvalue weighted by molar-refractivity contribution is 0.410. The maximum atomic E-state index is 5.34. The van der Waals surface area contributed by atoms with E-state index >= 15 is 0 Å². The first kappa shape index (κ1) is 14.1. The summed E-state index contributed by atoms with van der Waals surface area (Å²) in [6, 6.07) is 9.91. The van der Waals surface area contributed by atoms with Crippen molar-refractivity contribution in [1.82, 2.24) is 9.97 Å². The van der Waals surface area contributed by atoms with Crippen LogP contribution >= 0.6 is 0 Å². The SMILES string of the molecule is CCNc1nccc(NCCc2ccccc2OC)n1. The molecule has 0 aliphatic carbocycles. The molecule has 0 saturated heterocycles. The second-order valence-electron chi connectivity index (χ2n) is 4.28. The van der Waals surface area contributed by atoms with Gasteiger partial charge in [0, 0.05) is 19.3 Å². The largest absolute Gasteiger partial charge is 0.496 e. The van der Waals surface area contributed by atoms with Gasteiger partial charge in [0.05, 0.1) is 7.11 Å². The molecule has 0 aliphatic heterocycles. The maximum Gasteiger partial charge on any atom is 0.224 e. The van der Waals surface area contributed by atoms with Gasteiger partial charge in [-0.15, -0.1) is 0 Å². The number of methoxy groups -OCH3 is 1. The number of nitrogens with one attached hydrogen (secondary N) is 2. The third kappa shape index (κ3) is 3.85. The fourth-order valence-electron chi connectivity index (χ4n) is 1.94. The highest BCUT2D eigenvalue weighted by Gasteiger charge is 2.02. The fourth-order valence-corrected chi connectivity index (χ4v) is 1.94. The second kappa shape index (κ2) is 7.33. The lowest BCUT2D eigenvalue weighted by atomic mass is 10.1. The summed E-state index contributed by atoms with van der Waals surface area (Å²) >= 11 is 0. The molecule has 5 nitrogen and oxygen atoms in total. The molecule has 0 amide bonds. The van der Waals surface area contributed by atoms with Crippen molar-refractivity contribution in [3.8, 4) is 5.75 Å². The van der Waals surface area contributed by atoms with Gasteiger partial charge in [-0.2, -0.15) is 4.98 Å². The van der Waals surface area contributed by atoms with E-state index in [0.717, 1.165) is 31.1 Å². The second-order valence-corrected chi connectivity index (χ2v) is 4.28. The van der Waals surface area contributed by atoms with Crippen LogP contribution in [0.4, 0.5) is 11.8 Å². The minimum absolute atomic E-state index is 0.648. The quantitative estimate of drug-likeness (QED) is 0.811. The van der Waals surface area contributed by atoms with E-state index in [0.29, 0.717) is 5.95 Å². The van der Waals surface area contributed by atoms with Crippen molar-refractivity contribution in [2.75, 3.05) is 30.8 Å². The van der Waals surface area contributed by atoms with Gasteiger partial charge in [0.15, 0.2) is 0 Å². The van der Waals surface area contributed by atoms with Gasteiger partial charge in [-0.25, -0.2) is 4.98 Å². The summed E-state index contributed by atoms with van der Waals surface area (Å²) in [4.78, 5) is 8.51. The Balaban J connectivity index is 1.91. The molecule has 0 radical (unpaired) electrons. The molecule has 1 heterocycles. The van der Waals surface area contributed by atoms with Crippen molar-refractivity contribution in [2.45, 2.75) is 13.3 Å². The van der Waals surface area contributed by atoms with Crippen LogP contribution in [0.3, 0.4) is 0 Å². The third-order valence-corrected chi connectivity index (χ3v) is 2.88. The molecular formula is C15H20N4O. The average Bonchev–Trinajstić information content (AvgIpc) is 2.48. The van der Waals surface area contributed by atoms with Crippen molar-refractivity contribution in [2.24, 2.45) is 0 Å². The average molecular weight is 272 g/mol. The Hall–Kier alpha value is -2.30. The zero-order valence-corrected chi connectivity index (χ0v) is 11.9. The number of para-hydroxylation sites is 1. The molecule has 106 valence electrons. The fraction of sp³-hybridized carbons (Fsp3) is 0.333. The van der Waals surface area contributed by atoms with Gasteiger partial charge in [-0.3, -0.25) is 0 Å². The molecule has 20 heavy (non-hydrogen) atoms. The first-order valence-corrected chi connectivity index (χ1v) is 6.76. The molecule has 2 N–H and O–H groups in total. The molecule has 2 aromatic rings. The number of aromatic nitrogens is 2. The molecular weight excluding hydrogens is 252 g/mol. The Morgan fingerprint density at radius 3 is 2.80 bits per heavy atom. The van der Waals surface area contributed by atoms with E-state index in [1.54, 1.807) is 13.3 Å². The van der Waals surface area contributed by atoms with Gasteiger partial charge in [-0.1, -0.05) is 18.2 Å². The topological polar surface area (TPSA) is 59.1 Å². The number of hydrogen-bond donors (Lipinski definition) is 2. The van der Waals surface area contributed by atoms with Crippen molar-refractivity contribution in [3.63, 3.8) is 0 Å². The molecule has 0 bridgehead atoms. The Morgan fingerprint density at radius 1 is 1.15 bits per heavy atom. The molecule has 0 aliphatic rings. The lowest BCUT2D eigenvalue weighted by Gasteiger charge is -2.10. The van der Waals surface area contributed by atoms with E-state index in [9.17, 15) is 0 Å². The molecule has 0 fully saturated rings. The van der Waals surface area contributed by atoms with Gasteiger partial charge in [0.1, 0.15) is 11.6 Å². The van der Waals surface area contributed by atoms with Crippen LogP contribution in [0.1, 0.15) is 12.5 Å². The van der Waals surface area contributed by atoms with Crippen molar-refractivity contribution in [3.05, 3.63) is 42.1 Å². The van der Waals surface area contributed by atoms with E-state index in [4.69, 9.17) is 4.74 Å². The highest BCUT2D eigenvalue weighted by atomic mass is 16.5. The van der Waals surface area contributed by atoms with E-state index in [2.05, 4.69) is 26.7 Å². The van der Waals surface area contributed by atoms with E-state index in [1.807, 2.05) is 31.2 Å². The van der Waals surface area contributed by atoms with Crippen LogP contribution in [0.25, 0.3) is 0 Å². The summed E-state index contributed by atoms with van der Waals surface area (Å²) in [5.41, 5.74) is 1.18. The van der Waals surface area contributed by atoms with Crippen molar-refractivity contribution < 1.29 is 4.74 Å². The number of anilines is 2. The smallest absolute Gasteiger partial charge is 0.224 e. The summed E-state index contributed by atoms with van der Waals surface area (Å²) in [5, 5.41) is 6.39. The van der Waals surface area contributed by atoms with Crippen LogP contribution in [0, 0.1) is 0 Å². The summed E-state index contributed by atoms with van der Waals surface area (Å²) in [7, 11) is 1.69. The molecule has 0 spiro atoms. The van der Waals surface area contributed by atoms with Gasteiger partial charge >= 0.3 is 0 Å². The first-order chi connectivity index (χ1) is 9.83. The maximum absolute atomic E-state index is 5.34. The minimum atomic E-state index is 0.648. The monoisotopic (exact) mass is 272 g/mol. The lowest BCUT2D eigenvalue weighted by Crippen LogP contribution is -2.09. The molecule has 5 heteroatoms. The number of ether oxygens (including phenoxy) is 1. The van der Waals surface area contributed by atoms with Gasteiger partial charge in [-0.05, 0) is 31.0 Å². The van der Waals surface area contributed by atoms with Crippen LogP contribution in [0.5, 0.6) is 5.75 Å². The summed E-state index contributed by atoms with van der Waals surface area (Å²) in [6.07, 6.45) is 2.63. The van der Waals surface area contributed by atoms with Crippen LogP contribution in [0.2, 0.25) is 0 Å². The Bertz CT molecular complexity index is 545. The molecule has 1 aromatic carbocycles. The molecule has 0 unspecified atom stereocenters. The summed E-state index contributed by atoms with van der Waals surface area (Å²) in [5.74, 6) is 2.39. The number of rotatable bonds is 7. The van der Waals surface area contributed by atoms with Gasteiger partial charge in [0.2, 0.25) is 5.95 Å². The van der Waals surface area contributed by atoms with Crippen LogP contribution in [-0.2, 0) is 6.42 Å². The molecule has 0 atom stereocenters. The van der Waals surface area contributed by atoms with E-state index < -0.39 is 0 Å². The third-order valence-electron chi connectivity index (χ3n) is 2.88. The zero-order valence-electron chi connectivity index (χ0n) is 11.9. The Morgan fingerprint density at radius 2 is 2.00 bits per heavy atom. The minimum Gasteiger partial charge on any atom is -0.496 e. The zero-order chi connectivity index (χ0) is 14.2.